The maximum absolute atomic E-state index is 10.9. The maximum atomic E-state index is 10.9. The summed E-state index contributed by atoms with van der Waals surface area (Å²) in [5.74, 6) is 0.949. The Bertz CT molecular complexity index is 413. The largest absolute Gasteiger partial charge is 0.491 e. The molecule has 1 aromatic carbocycles. The van der Waals surface area contributed by atoms with E-state index in [2.05, 4.69) is 5.18 Å². The summed E-state index contributed by atoms with van der Waals surface area (Å²) in [6.07, 6.45) is 0. The molecular formula is C11H15NO6. The van der Waals surface area contributed by atoms with Gasteiger partial charge in [0.05, 0.1) is 35.5 Å². The molecule has 0 aromatic heterocycles. The molecule has 0 heterocycles. The minimum atomic E-state index is -0.0468. The van der Waals surface area contributed by atoms with Gasteiger partial charge in [-0.2, -0.15) is 0 Å². The number of hydrogen-bond acceptors (Lipinski definition) is 7. The Morgan fingerprint density at radius 2 is 0.889 bits per heavy atom. The summed E-state index contributed by atoms with van der Waals surface area (Å²) in [5, 5.41) is 2.89. The highest BCUT2D eigenvalue weighted by atomic mass is 16.6. The summed E-state index contributed by atoms with van der Waals surface area (Å²) in [6, 6.07) is 0. The van der Waals surface area contributed by atoms with Crippen LogP contribution in [0.5, 0.6) is 28.7 Å². The van der Waals surface area contributed by atoms with Crippen molar-refractivity contribution in [2.75, 3.05) is 35.5 Å². The van der Waals surface area contributed by atoms with Gasteiger partial charge in [-0.3, -0.25) is 0 Å². The van der Waals surface area contributed by atoms with Crippen LogP contribution >= 0.6 is 0 Å². The van der Waals surface area contributed by atoms with Crippen molar-refractivity contribution in [2.24, 2.45) is 5.18 Å². The second-order valence-corrected chi connectivity index (χ2v) is 3.11. The lowest BCUT2D eigenvalue weighted by Crippen LogP contribution is -2.01. The second kappa shape index (κ2) is 5.95. The molecule has 1 aromatic rings. The maximum Gasteiger partial charge on any atom is 0.211 e. The van der Waals surface area contributed by atoms with Crippen LogP contribution in [0.3, 0.4) is 0 Å². The summed E-state index contributed by atoms with van der Waals surface area (Å²) < 4.78 is 25.7. The first kappa shape index (κ1) is 13.9. The third-order valence-corrected chi connectivity index (χ3v) is 2.37. The third-order valence-electron chi connectivity index (χ3n) is 2.37. The third kappa shape index (κ3) is 1.99. The van der Waals surface area contributed by atoms with Gasteiger partial charge in [-0.15, -0.1) is 4.91 Å². The molecule has 0 unspecified atom stereocenters. The molecule has 0 aliphatic heterocycles. The van der Waals surface area contributed by atoms with E-state index in [1.165, 1.54) is 35.5 Å². The van der Waals surface area contributed by atoms with Crippen molar-refractivity contribution in [2.45, 2.75) is 0 Å². The number of nitrogens with zero attached hydrogens (tertiary/aromatic N) is 1. The summed E-state index contributed by atoms with van der Waals surface area (Å²) in [7, 11) is 7.05. The van der Waals surface area contributed by atoms with Crippen LogP contribution in [-0.4, -0.2) is 35.5 Å². The van der Waals surface area contributed by atoms with E-state index < -0.39 is 0 Å². The zero-order valence-corrected chi connectivity index (χ0v) is 10.9. The average Bonchev–Trinajstić information content (AvgIpc) is 2.43. The van der Waals surface area contributed by atoms with Gasteiger partial charge in [-0.25, -0.2) is 0 Å². The topological polar surface area (TPSA) is 75.6 Å². The number of nitroso groups, excluding NO2 is 1. The van der Waals surface area contributed by atoms with Crippen molar-refractivity contribution in [3.05, 3.63) is 4.91 Å². The summed E-state index contributed by atoms with van der Waals surface area (Å²) in [6.45, 7) is 0. The number of benzene rings is 1. The van der Waals surface area contributed by atoms with Gasteiger partial charge in [0.25, 0.3) is 0 Å². The fourth-order valence-electron chi connectivity index (χ4n) is 1.65. The number of methoxy groups -OCH3 is 5. The predicted molar refractivity (Wildman–Crippen MR) is 64.7 cm³/mol. The molecule has 0 saturated carbocycles. The summed E-state index contributed by atoms with van der Waals surface area (Å²) in [5.41, 5.74) is -0.0468. The Kier molecular flexibility index (Phi) is 4.59. The fourth-order valence-corrected chi connectivity index (χ4v) is 1.65. The lowest BCUT2D eigenvalue weighted by molar-refractivity contribution is 0.292. The van der Waals surface area contributed by atoms with Gasteiger partial charge in [0, 0.05) is 0 Å². The quantitative estimate of drug-likeness (QED) is 0.726. The Labute approximate surface area is 105 Å². The van der Waals surface area contributed by atoms with E-state index in [0.29, 0.717) is 0 Å². The van der Waals surface area contributed by atoms with Crippen molar-refractivity contribution in [1.29, 1.82) is 0 Å². The number of ether oxygens (including phenoxy) is 5. The highest BCUT2D eigenvalue weighted by Gasteiger charge is 2.29. The van der Waals surface area contributed by atoms with Crippen LogP contribution in [0.25, 0.3) is 0 Å². The minimum Gasteiger partial charge on any atom is -0.491 e. The van der Waals surface area contributed by atoms with E-state index in [0.717, 1.165) is 0 Å². The van der Waals surface area contributed by atoms with E-state index in [1.807, 2.05) is 0 Å². The lowest BCUT2D eigenvalue weighted by atomic mass is 10.2. The highest BCUT2D eigenvalue weighted by molar-refractivity contribution is 5.79. The van der Waals surface area contributed by atoms with Crippen molar-refractivity contribution >= 4 is 5.69 Å². The average molecular weight is 257 g/mol. The Hall–Kier alpha value is -2.18. The normalized spacial score (nSPS) is 9.61. The van der Waals surface area contributed by atoms with E-state index in [1.54, 1.807) is 0 Å². The molecule has 18 heavy (non-hydrogen) atoms. The van der Waals surface area contributed by atoms with Crippen LogP contribution in [0, 0.1) is 4.91 Å². The van der Waals surface area contributed by atoms with Gasteiger partial charge in [0.1, 0.15) is 0 Å². The molecule has 0 amide bonds. The van der Waals surface area contributed by atoms with Gasteiger partial charge in [0.2, 0.25) is 17.2 Å². The van der Waals surface area contributed by atoms with Gasteiger partial charge in [0.15, 0.2) is 17.2 Å². The van der Waals surface area contributed by atoms with E-state index in [9.17, 15) is 4.91 Å². The Morgan fingerprint density at radius 3 is 1.11 bits per heavy atom. The molecule has 1 rings (SSSR count). The van der Waals surface area contributed by atoms with Crippen molar-refractivity contribution in [3.63, 3.8) is 0 Å². The molecular weight excluding hydrogens is 242 g/mol. The van der Waals surface area contributed by atoms with Crippen LogP contribution in [0.15, 0.2) is 5.18 Å². The van der Waals surface area contributed by atoms with Crippen molar-refractivity contribution in [3.8, 4) is 28.7 Å². The molecule has 0 saturated heterocycles. The molecule has 0 aliphatic carbocycles. The van der Waals surface area contributed by atoms with Crippen molar-refractivity contribution in [1.82, 2.24) is 0 Å². The molecule has 0 radical (unpaired) electrons. The monoisotopic (exact) mass is 257 g/mol. The highest BCUT2D eigenvalue weighted by Crippen LogP contribution is 2.57. The predicted octanol–water partition coefficient (Wildman–Crippen LogP) is 2.13. The zero-order chi connectivity index (χ0) is 13.7. The molecule has 0 spiro atoms. The van der Waals surface area contributed by atoms with Gasteiger partial charge >= 0.3 is 0 Å². The molecule has 0 fully saturated rings. The minimum absolute atomic E-state index is 0.0468. The number of rotatable bonds is 6. The van der Waals surface area contributed by atoms with E-state index in [4.69, 9.17) is 23.7 Å². The first-order chi connectivity index (χ1) is 8.69. The first-order valence-electron chi connectivity index (χ1n) is 4.97. The Balaban J connectivity index is 3.77. The summed E-state index contributed by atoms with van der Waals surface area (Å²) >= 11 is 0. The van der Waals surface area contributed by atoms with Crippen LogP contribution in [0.4, 0.5) is 5.69 Å². The number of hydrogen-bond donors (Lipinski definition) is 0. The zero-order valence-electron chi connectivity index (χ0n) is 10.9. The molecule has 0 N–H and O–H groups in total. The van der Waals surface area contributed by atoms with Crippen LogP contribution in [0.2, 0.25) is 0 Å². The molecule has 7 heteroatoms. The van der Waals surface area contributed by atoms with Gasteiger partial charge < -0.3 is 23.7 Å². The smallest absolute Gasteiger partial charge is 0.211 e. The van der Waals surface area contributed by atoms with E-state index >= 15 is 0 Å². The van der Waals surface area contributed by atoms with Crippen molar-refractivity contribution < 1.29 is 23.7 Å². The van der Waals surface area contributed by atoms with Gasteiger partial charge in [-0.05, 0) is 5.18 Å². The van der Waals surface area contributed by atoms with E-state index in [-0.39, 0.29) is 34.4 Å². The van der Waals surface area contributed by atoms with Gasteiger partial charge in [-0.1, -0.05) is 0 Å². The SMILES string of the molecule is COc1c(N=O)c(OC)c(OC)c(OC)c1OC. The lowest BCUT2D eigenvalue weighted by Gasteiger charge is -2.18. The second-order valence-electron chi connectivity index (χ2n) is 3.11. The first-order valence-corrected chi connectivity index (χ1v) is 4.97. The molecule has 0 atom stereocenters. The van der Waals surface area contributed by atoms with Crippen LogP contribution in [0.1, 0.15) is 0 Å². The van der Waals surface area contributed by atoms with Crippen LogP contribution < -0.4 is 23.7 Å². The van der Waals surface area contributed by atoms with Crippen LogP contribution in [-0.2, 0) is 0 Å². The standard InChI is InChI=1S/C11H15NO6/c1-14-7-6(12-13)8(15-2)10(17-4)11(18-5)9(7)16-3/h1-5H3. The molecule has 0 bridgehead atoms. The Morgan fingerprint density at radius 1 is 0.611 bits per heavy atom. The molecule has 100 valence electrons. The molecule has 7 nitrogen and oxygen atoms in total. The summed E-state index contributed by atoms with van der Waals surface area (Å²) in [4.78, 5) is 10.9. The fraction of sp³-hybridized carbons (Fsp3) is 0.455. The molecule has 0 aliphatic rings.